The predicted octanol–water partition coefficient (Wildman–Crippen LogP) is 5.31. The summed E-state index contributed by atoms with van der Waals surface area (Å²) in [5.74, 6) is 1.62. The monoisotopic (exact) mass is 446 g/mol. The Hall–Kier alpha value is -3.48. The summed E-state index contributed by atoms with van der Waals surface area (Å²) in [5, 5.41) is 8.22. The number of hydrogen-bond donors (Lipinski definition) is 1. The largest absolute Gasteiger partial charge is 0.440 e. The summed E-state index contributed by atoms with van der Waals surface area (Å²) in [6.07, 6.45) is 0. The van der Waals surface area contributed by atoms with Gasteiger partial charge in [0.1, 0.15) is 11.3 Å². The predicted molar refractivity (Wildman–Crippen MR) is 129 cm³/mol. The standard InChI is InChI=1S/C26H30N4O3/c1-6-27-23-22-24(30(28-23)16(4)5)32-21-15-17(29(7-2)8-3)13-14-20(21)26(22)19-12-10-9-11-18(19)25(31)33-26/h9-16H,6-8H2,1-5H3,(H,27,28). The van der Waals surface area contributed by atoms with Gasteiger partial charge >= 0.3 is 5.97 Å². The van der Waals surface area contributed by atoms with Crippen LogP contribution in [0.1, 0.15) is 67.7 Å². The number of carbonyl (C=O) groups is 1. The maximum Gasteiger partial charge on any atom is 0.340 e. The molecule has 1 aromatic heterocycles. The second-order valence-corrected chi connectivity index (χ2v) is 8.67. The number of nitrogens with zero attached hydrogens (tertiary/aromatic N) is 3. The molecule has 0 aliphatic carbocycles. The Balaban J connectivity index is 1.84. The van der Waals surface area contributed by atoms with Gasteiger partial charge in [-0.25, -0.2) is 9.48 Å². The number of nitrogens with one attached hydrogen (secondary N) is 1. The maximum atomic E-state index is 13.1. The highest BCUT2D eigenvalue weighted by atomic mass is 16.6. The molecule has 2 aliphatic rings. The van der Waals surface area contributed by atoms with Crippen LogP contribution < -0.4 is 15.0 Å². The molecule has 7 nitrogen and oxygen atoms in total. The molecule has 1 atom stereocenters. The molecule has 0 fully saturated rings. The summed E-state index contributed by atoms with van der Waals surface area (Å²) in [5.41, 5.74) is 2.90. The third-order valence-electron chi connectivity index (χ3n) is 6.50. The summed E-state index contributed by atoms with van der Waals surface area (Å²) >= 11 is 0. The summed E-state index contributed by atoms with van der Waals surface area (Å²) in [4.78, 5) is 15.4. The van der Waals surface area contributed by atoms with E-state index in [0.717, 1.165) is 35.5 Å². The summed E-state index contributed by atoms with van der Waals surface area (Å²) < 4.78 is 14.7. The number of benzene rings is 2. The number of hydrogen-bond acceptors (Lipinski definition) is 6. The number of aromatic nitrogens is 2. The first-order valence-electron chi connectivity index (χ1n) is 11.7. The Morgan fingerprint density at radius 1 is 1.09 bits per heavy atom. The lowest BCUT2D eigenvalue weighted by Gasteiger charge is -2.36. The van der Waals surface area contributed by atoms with Crippen molar-refractivity contribution in [2.24, 2.45) is 0 Å². The summed E-state index contributed by atoms with van der Waals surface area (Å²) in [7, 11) is 0. The van der Waals surface area contributed by atoms with Crippen molar-refractivity contribution in [1.82, 2.24) is 9.78 Å². The molecule has 0 bridgehead atoms. The van der Waals surface area contributed by atoms with Gasteiger partial charge in [0.05, 0.1) is 11.6 Å². The van der Waals surface area contributed by atoms with E-state index in [4.69, 9.17) is 14.6 Å². The third kappa shape index (κ3) is 2.95. The fourth-order valence-corrected chi connectivity index (χ4v) is 4.99. The van der Waals surface area contributed by atoms with E-state index in [0.29, 0.717) is 29.6 Å². The number of ether oxygens (including phenoxy) is 2. The highest BCUT2D eigenvalue weighted by molar-refractivity contribution is 5.97. The highest BCUT2D eigenvalue weighted by Gasteiger charge is 2.56. The average molecular weight is 447 g/mol. The van der Waals surface area contributed by atoms with Crippen molar-refractivity contribution in [1.29, 1.82) is 0 Å². The topological polar surface area (TPSA) is 68.6 Å². The molecule has 0 saturated heterocycles. The van der Waals surface area contributed by atoms with Crippen LogP contribution >= 0.6 is 0 Å². The smallest absolute Gasteiger partial charge is 0.340 e. The molecular formula is C26H30N4O3. The van der Waals surface area contributed by atoms with Crippen LogP contribution in [0.25, 0.3) is 0 Å². The second kappa shape index (κ2) is 7.83. The zero-order chi connectivity index (χ0) is 23.3. The van der Waals surface area contributed by atoms with Gasteiger partial charge in [-0.1, -0.05) is 18.2 Å². The molecule has 1 spiro atoms. The fourth-order valence-electron chi connectivity index (χ4n) is 4.99. The lowest BCUT2D eigenvalue weighted by atomic mass is 9.78. The van der Waals surface area contributed by atoms with Crippen LogP contribution in [-0.4, -0.2) is 35.4 Å². The van der Waals surface area contributed by atoms with E-state index in [1.54, 1.807) is 0 Å². The van der Waals surface area contributed by atoms with Crippen LogP contribution in [0.2, 0.25) is 0 Å². The lowest BCUT2D eigenvalue weighted by molar-refractivity contribution is 0.0224. The van der Waals surface area contributed by atoms with E-state index in [1.165, 1.54) is 0 Å². The average Bonchev–Trinajstić information content (AvgIpc) is 3.32. The molecule has 172 valence electrons. The van der Waals surface area contributed by atoms with Gasteiger partial charge in [-0.15, -0.1) is 0 Å². The molecule has 3 heterocycles. The molecule has 0 amide bonds. The Bertz CT molecular complexity index is 1230. The summed E-state index contributed by atoms with van der Waals surface area (Å²) in [6, 6.07) is 13.8. The molecule has 5 rings (SSSR count). The lowest BCUT2D eigenvalue weighted by Crippen LogP contribution is -2.34. The van der Waals surface area contributed by atoms with Crippen molar-refractivity contribution >= 4 is 17.5 Å². The molecule has 33 heavy (non-hydrogen) atoms. The van der Waals surface area contributed by atoms with Gasteiger partial charge in [0.2, 0.25) is 11.5 Å². The van der Waals surface area contributed by atoms with E-state index in [-0.39, 0.29) is 12.0 Å². The number of carbonyl (C=O) groups excluding carboxylic acids is 1. The first-order chi connectivity index (χ1) is 16.0. The number of esters is 1. The number of rotatable bonds is 6. The first kappa shape index (κ1) is 21.4. The molecule has 2 aliphatic heterocycles. The quantitative estimate of drug-likeness (QED) is 0.518. The van der Waals surface area contributed by atoms with Crippen LogP contribution in [0.15, 0.2) is 42.5 Å². The minimum Gasteiger partial charge on any atom is -0.440 e. The maximum absolute atomic E-state index is 13.1. The van der Waals surface area contributed by atoms with E-state index in [1.807, 2.05) is 48.0 Å². The number of anilines is 2. The molecule has 0 saturated carbocycles. The van der Waals surface area contributed by atoms with E-state index in [2.05, 4.69) is 44.0 Å². The summed E-state index contributed by atoms with van der Waals surface area (Å²) in [6.45, 7) is 12.9. The van der Waals surface area contributed by atoms with Gasteiger partial charge in [0.25, 0.3) is 0 Å². The normalized spacial score (nSPS) is 17.9. The van der Waals surface area contributed by atoms with Gasteiger partial charge in [0, 0.05) is 42.5 Å². The van der Waals surface area contributed by atoms with Crippen LogP contribution in [-0.2, 0) is 10.3 Å². The Labute approximate surface area is 194 Å². The molecule has 3 aromatic rings. The molecule has 7 heteroatoms. The van der Waals surface area contributed by atoms with Gasteiger partial charge in [-0.2, -0.15) is 5.10 Å². The second-order valence-electron chi connectivity index (χ2n) is 8.67. The highest BCUT2D eigenvalue weighted by Crippen LogP contribution is 2.58. The van der Waals surface area contributed by atoms with Crippen molar-refractivity contribution in [2.75, 3.05) is 29.9 Å². The van der Waals surface area contributed by atoms with Crippen LogP contribution in [0, 0.1) is 0 Å². The van der Waals surface area contributed by atoms with Crippen LogP contribution in [0.4, 0.5) is 11.5 Å². The van der Waals surface area contributed by atoms with Crippen LogP contribution in [0.3, 0.4) is 0 Å². The number of fused-ring (bicyclic) bond motifs is 6. The molecule has 1 N–H and O–H groups in total. The van der Waals surface area contributed by atoms with Crippen LogP contribution in [0.5, 0.6) is 11.6 Å². The van der Waals surface area contributed by atoms with Gasteiger partial charge in [0.15, 0.2) is 5.82 Å². The SMILES string of the molecule is CCNc1nn(C(C)C)c2c1C1(OC(=O)c3ccccc31)c1ccc(N(CC)CC)cc1O2. The molecule has 1 unspecified atom stereocenters. The third-order valence-corrected chi connectivity index (χ3v) is 6.50. The molecular weight excluding hydrogens is 416 g/mol. The van der Waals surface area contributed by atoms with Gasteiger partial charge < -0.3 is 19.7 Å². The van der Waals surface area contributed by atoms with Crippen molar-refractivity contribution < 1.29 is 14.3 Å². The van der Waals surface area contributed by atoms with Crippen molar-refractivity contribution in [2.45, 2.75) is 46.3 Å². The fraction of sp³-hybridized carbons (Fsp3) is 0.385. The zero-order valence-electron chi connectivity index (χ0n) is 19.8. The van der Waals surface area contributed by atoms with Gasteiger partial charge in [-0.05, 0) is 52.8 Å². The minimum atomic E-state index is -1.12. The van der Waals surface area contributed by atoms with E-state index < -0.39 is 5.60 Å². The van der Waals surface area contributed by atoms with Gasteiger partial charge in [-0.3, -0.25) is 0 Å². The van der Waals surface area contributed by atoms with E-state index >= 15 is 0 Å². The first-order valence-corrected chi connectivity index (χ1v) is 11.7. The van der Waals surface area contributed by atoms with Crippen molar-refractivity contribution in [3.05, 3.63) is 64.7 Å². The Morgan fingerprint density at radius 2 is 1.85 bits per heavy atom. The Morgan fingerprint density at radius 3 is 2.55 bits per heavy atom. The zero-order valence-corrected chi connectivity index (χ0v) is 19.8. The van der Waals surface area contributed by atoms with Crippen molar-refractivity contribution in [3.63, 3.8) is 0 Å². The minimum absolute atomic E-state index is 0.0584. The molecule has 0 radical (unpaired) electrons. The Kier molecular flexibility index (Phi) is 5.07. The molecule has 2 aromatic carbocycles. The van der Waals surface area contributed by atoms with E-state index in [9.17, 15) is 4.79 Å². The van der Waals surface area contributed by atoms with Crippen molar-refractivity contribution in [3.8, 4) is 11.6 Å².